The molecule has 2 N–H and O–H groups in total. The van der Waals surface area contributed by atoms with Gasteiger partial charge in [-0.3, -0.25) is 4.99 Å². The molecule has 0 aromatic heterocycles. The molecule has 1 rings (SSSR count). The number of methoxy groups -OCH3 is 1. The molecular formula is C19H40N4O2. The van der Waals surface area contributed by atoms with Crippen LogP contribution in [-0.4, -0.2) is 77.6 Å². The topological polar surface area (TPSA) is 58.1 Å². The lowest BCUT2D eigenvalue weighted by atomic mass is 9.92. The lowest BCUT2D eigenvalue weighted by Gasteiger charge is -2.34. The van der Waals surface area contributed by atoms with Crippen LogP contribution >= 0.6 is 0 Å². The Morgan fingerprint density at radius 1 is 1.00 bits per heavy atom. The van der Waals surface area contributed by atoms with Crippen LogP contribution in [0.1, 0.15) is 39.5 Å². The lowest BCUT2D eigenvalue weighted by molar-refractivity contribution is 0.0698. The van der Waals surface area contributed by atoms with E-state index in [9.17, 15) is 0 Å². The molecule has 6 heteroatoms. The highest BCUT2D eigenvalue weighted by molar-refractivity contribution is 5.79. The van der Waals surface area contributed by atoms with Gasteiger partial charge in [0.2, 0.25) is 0 Å². The van der Waals surface area contributed by atoms with Crippen LogP contribution in [0, 0.1) is 11.8 Å². The number of nitrogens with zero attached hydrogens (tertiary/aromatic N) is 2. The maximum absolute atomic E-state index is 5.45. The van der Waals surface area contributed by atoms with Gasteiger partial charge in [-0.05, 0) is 44.1 Å². The molecule has 2 atom stereocenters. The number of hydrogen-bond donors (Lipinski definition) is 2. The summed E-state index contributed by atoms with van der Waals surface area (Å²) in [5.74, 6) is 2.59. The summed E-state index contributed by atoms with van der Waals surface area (Å²) in [6.45, 7) is 12.4. The second kappa shape index (κ2) is 14.3. The first-order valence-electron chi connectivity index (χ1n) is 9.89. The van der Waals surface area contributed by atoms with Crippen molar-refractivity contribution < 1.29 is 9.47 Å². The van der Waals surface area contributed by atoms with E-state index in [0.717, 1.165) is 43.9 Å². The second-order valence-electron chi connectivity index (χ2n) is 7.30. The van der Waals surface area contributed by atoms with Gasteiger partial charge >= 0.3 is 0 Å². The van der Waals surface area contributed by atoms with Crippen molar-refractivity contribution in [3.8, 4) is 0 Å². The fraction of sp³-hybridized carbons (Fsp3) is 0.947. The van der Waals surface area contributed by atoms with Gasteiger partial charge in [-0.2, -0.15) is 0 Å². The van der Waals surface area contributed by atoms with E-state index in [2.05, 4.69) is 34.4 Å². The highest BCUT2D eigenvalue weighted by Crippen LogP contribution is 2.20. The summed E-state index contributed by atoms with van der Waals surface area (Å²) < 4.78 is 10.4. The summed E-state index contributed by atoms with van der Waals surface area (Å²) in [6.07, 6.45) is 4.78. The maximum Gasteiger partial charge on any atom is 0.190 e. The third-order valence-electron chi connectivity index (χ3n) is 4.55. The first-order valence-corrected chi connectivity index (χ1v) is 9.89. The molecule has 148 valence electrons. The molecule has 0 radical (unpaired) electrons. The Bertz CT molecular complexity index is 342. The van der Waals surface area contributed by atoms with E-state index in [1.165, 1.54) is 38.9 Å². The molecular weight excluding hydrogens is 316 g/mol. The first-order chi connectivity index (χ1) is 12.2. The highest BCUT2D eigenvalue weighted by atomic mass is 16.5. The molecule has 6 nitrogen and oxygen atoms in total. The van der Waals surface area contributed by atoms with Gasteiger partial charge in [0.15, 0.2) is 5.96 Å². The minimum absolute atomic E-state index is 0.659. The average Bonchev–Trinajstić information content (AvgIpc) is 2.58. The average molecular weight is 357 g/mol. The molecule has 25 heavy (non-hydrogen) atoms. The minimum atomic E-state index is 0.659. The number of rotatable bonds is 12. The minimum Gasteiger partial charge on any atom is -0.382 e. The number of hydrogen-bond acceptors (Lipinski definition) is 4. The van der Waals surface area contributed by atoms with Gasteiger partial charge in [0.05, 0.1) is 13.2 Å². The number of ether oxygens (including phenoxy) is 2. The second-order valence-corrected chi connectivity index (χ2v) is 7.30. The Labute approximate surface area is 154 Å². The van der Waals surface area contributed by atoms with Crippen LogP contribution in [0.3, 0.4) is 0 Å². The van der Waals surface area contributed by atoms with Crippen molar-refractivity contribution in [2.45, 2.75) is 39.5 Å². The van der Waals surface area contributed by atoms with Gasteiger partial charge in [0, 0.05) is 46.9 Å². The van der Waals surface area contributed by atoms with Crippen molar-refractivity contribution in [3.63, 3.8) is 0 Å². The maximum atomic E-state index is 5.45. The van der Waals surface area contributed by atoms with E-state index in [1.54, 1.807) is 7.11 Å². The quantitative estimate of drug-likeness (QED) is 0.318. The summed E-state index contributed by atoms with van der Waals surface area (Å²) in [4.78, 5) is 6.90. The molecule has 1 saturated heterocycles. The fourth-order valence-corrected chi connectivity index (χ4v) is 3.49. The van der Waals surface area contributed by atoms with Gasteiger partial charge < -0.3 is 25.0 Å². The van der Waals surface area contributed by atoms with E-state index in [-0.39, 0.29) is 0 Å². The van der Waals surface area contributed by atoms with Crippen LogP contribution in [0.2, 0.25) is 0 Å². The van der Waals surface area contributed by atoms with Crippen molar-refractivity contribution in [3.05, 3.63) is 0 Å². The monoisotopic (exact) mass is 356 g/mol. The lowest BCUT2D eigenvalue weighted by Crippen LogP contribution is -2.40. The number of unbranched alkanes of at least 4 members (excludes halogenated alkanes) is 1. The molecule has 1 fully saturated rings. The van der Waals surface area contributed by atoms with Crippen molar-refractivity contribution in [2.75, 3.05) is 66.7 Å². The van der Waals surface area contributed by atoms with E-state index in [4.69, 9.17) is 9.47 Å². The molecule has 0 aromatic carbocycles. The van der Waals surface area contributed by atoms with Gasteiger partial charge in [-0.25, -0.2) is 0 Å². The van der Waals surface area contributed by atoms with Gasteiger partial charge in [-0.1, -0.05) is 13.8 Å². The number of likely N-dealkylation sites (tertiary alicyclic amines) is 1. The zero-order chi connectivity index (χ0) is 18.3. The Kier molecular flexibility index (Phi) is 12.7. The van der Waals surface area contributed by atoms with Gasteiger partial charge in [0.25, 0.3) is 0 Å². The van der Waals surface area contributed by atoms with E-state index in [0.29, 0.717) is 13.2 Å². The molecule has 0 bridgehead atoms. The Morgan fingerprint density at radius 2 is 1.68 bits per heavy atom. The van der Waals surface area contributed by atoms with E-state index >= 15 is 0 Å². The normalized spacial score (nSPS) is 22.2. The summed E-state index contributed by atoms with van der Waals surface area (Å²) in [5.41, 5.74) is 0. The molecule has 1 aliphatic rings. The van der Waals surface area contributed by atoms with Crippen molar-refractivity contribution in [1.82, 2.24) is 15.5 Å². The van der Waals surface area contributed by atoms with E-state index in [1.807, 2.05) is 7.05 Å². The number of piperidine rings is 1. The Hall–Kier alpha value is -0.850. The van der Waals surface area contributed by atoms with Crippen molar-refractivity contribution in [1.29, 1.82) is 0 Å². The number of aliphatic imine (C=N–C) groups is 1. The van der Waals surface area contributed by atoms with Gasteiger partial charge in [0.1, 0.15) is 0 Å². The first kappa shape index (κ1) is 22.2. The molecule has 0 aliphatic carbocycles. The smallest absolute Gasteiger partial charge is 0.190 e. The Balaban J connectivity index is 1.98. The SMILES string of the molecule is CN=C(NCCCCN1CC(C)CC(C)C1)NCCCOCCOC. The standard InChI is InChI=1S/C19H40N4O2/c1-17-14-18(2)16-23(15-17)10-6-5-8-21-19(20-3)22-9-7-11-25-13-12-24-4/h17-18H,5-16H2,1-4H3,(H2,20,21,22). The van der Waals surface area contributed by atoms with Crippen LogP contribution < -0.4 is 10.6 Å². The third-order valence-corrected chi connectivity index (χ3v) is 4.55. The van der Waals surface area contributed by atoms with E-state index < -0.39 is 0 Å². The van der Waals surface area contributed by atoms with Crippen molar-refractivity contribution in [2.24, 2.45) is 16.8 Å². The molecule has 0 spiro atoms. The summed E-state index contributed by atoms with van der Waals surface area (Å²) >= 11 is 0. The molecule has 0 amide bonds. The number of guanidine groups is 1. The highest BCUT2D eigenvalue weighted by Gasteiger charge is 2.20. The molecule has 0 saturated carbocycles. The molecule has 1 heterocycles. The summed E-state index contributed by atoms with van der Waals surface area (Å²) in [7, 11) is 3.51. The summed E-state index contributed by atoms with van der Waals surface area (Å²) in [6, 6.07) is 0. The third kappa shape index (κ3) is 11.4. The number of nitrogens with one attached hydrogen (secondary N) is 2. The predicted octanol–water partition coefficient (Wildman–Crippen LogP) is 1.96. The van der Waals surface area contributed by atoms with Gasteiger partial charge in [-0.15, -0.1) is 0 Å². The Morgan fingerprint density at radius 3 is 2.32 bits per heavy atom. The van der Waals surface area contributed by atoms with Crippen LogP contribution in [0.4, 0.5) is 0 Å². The predicted molar refractivity (Wildman–Crippen MR) is 105 cm³/mol. The van der Waals surface area contributed by atoms with Crippen LogP contribution in [0.25, 0.3) is 0 Å². The largest absolute Gasteiger partial charge is 0.382 e. The van der Waals surface area contributed by atoms with Crippen LogP contribution in [0.5, 0.6) is 0 Å². The van der Waals surface area contributed by atoms with Crippen LogP contribution in [-0.2, 0) is 9.47 Å². The zero-order valence-electron chi connectivity index (χ0n) is 16.9. The van der Waals surface area contributed by atoms with Crippen molar-refractivity contribution >= 4 is 5.96 Å². The molecule has 2 unspecified atom stereocenters. The molecule has 1 aliphatic heterocycles. The van der Waals surface area contributed by atoms with Crippen LogP contribution in [0.15, 0.2) is 4.99 Å². The molecule has 0 aromatic rings. The zero-order valence-corrected chi connectivity index (χ0v) is 16.9. The summed E-state index contributed by atoms with van der Waals surface area (Å²) in [5, 5.41) is 6.72. The fourth-order valence-electron chi connectivity index (χ4n) is 3.49.